The van der Waals surface area contributed by atoms with Crippen molar-refractivity contribution in [3.05, 3.63) is 35.6 Å². The Bertz CT molecular complexity index is 537. The van der Waals surface area contributed by atoms with Gasteiger partial charge in [0.1, 0.15) is 24.3 Å². The second-order valence-electron chi connectivity index (χ2n) is 4.34. The van der Waals surface area contributed by atoms with E-state index in [1.54, 1.807) is 6.92 Å². The number of rotatable bonds is 4. The summed E-state index contributed by atoms with van der Waals surface area (Å²) in [7, 11) is 0. The van der Waals surface area contributed by atoms with Crippen molar-refractivity contribution in [1.82, 2.24) is 0 Å². The molecule has 1 aromatic carbocycles. The maximum Gasteiger partial charge on any atom is 0.317 e. The molecule has 20 heavy (non-hydrogen) atoms. The van der Waals surface area contributed by atoms with Gasteiger partial charge in [-0.3, -0.25) is 14.4 Å². The lowest BCUT2D eigenvalue weighted by Crippen LogP contribution is -2.32. The molecule has 1 aliphatic rings. The fraction of sp³-hybridized carbons (Fsp3) is 0.357. The van der Waals surface area contributed by atoms with Crippen LogP contribution < -0.4 is 0 Å². The molecule has 2 atom stereocenters. The van der Waals surface area contributed by atoms with E-state index in [4.69, 9.17) is 9.47 Å². The number of halogens is 1. The van der Waals surface area contributed by atoms with Gasteiger partial charge in [0.25, 0.3) is 0 Å². The predicted octanol–water partition coefficient (Wildman–Crippen LogP) is 1.36. The van der Waals surface area contributed by atoms with E-state index in [2.05, 4.69) is 0 Å². The summed E-state index contributed by atoms with van der Waals surface area (Å²) in [5.41, 5.74) is 0.157. The topological polar surface area (TPSA) is 69.7 Å². The Morgan fingerprint density at radius 2 is 2.00 bits per heavy atom. The number of cyclic esters (lactones) is 1. The number of Topliss-reactive ketones (excluding diaryl/α,β-unsaturated/α-hetero) is 1. The molecule has 0 N–H and O–H groups in total. The molecule has 0 radical (unpaired) electrons. The minimum absolute atomic E-state index is 0.154. The van der Waals surface area contributed by atoms with Crippen molar-refractivity contribution >= 4 is 17.7 Å². The highest BCUT2D eigenvalue weighted by Gasteiger charge is 2.47. The van der Waals surface area contributed by atoms with E-state index in [1.807, 2.05) is 0 Å². The summed E-state index contributed by atoms with van der Waals surface area (Å²) in [5.74, 6) is -4.61. The molecule has 0 bridgehead atoms. The number of carbonyl (C=O) groups is 3. The van der Waals surface area contributed by atoms with Crippen LogP contribution in [-0.4, -0.2) is 30.9 Å². The van der Waals surface area contributed by atoms with Crippen molar-refractivity contribution in [2.75, 3.05) is 13.2 Å². The Kier molecular flexibility index (Phi) is 4.12. The Labute approximate surface area is 114 Å². The van der Waals surface area contributed by atoms with Crippen LogP contribution in [0.5, 0.6) is 0 Å². The van der Waals surface area contributed by atoms with Crippen molar-refractivity contribution in [2.45, 2.75) is 6.92 Å². The first-order valence-electron chi connectivity index (χ1n) is 6.17. The third kappa shape index (κ3) is 2.68. The molecule has 0 unspecified atom stereocenters. The van der Waals surface area contributed by atoms with Gasteiger partial charge in [-0.25, -0.2) is 4.39 Å². The summed E-state index contributed by atoms with van der Waals surface area (Å²) in [6, 6.07) is 4.77. The molecule has 0 aliphatic carbocycles. The highest BCUT2D eigenvalue weighted by atomic mass is 19.1. The summed E-state index contributed by atoms with van der Waals surface area (Å²) >= 11 is 0. The average Bonchev–Trinajstić information content (AvgIpc) is 2.81. The van der Waals surface area contributed by atoms with Crippen LogP contribution in [0.3, 0.4) is 0 Å². The number of ketones is 1. The van der Waals surface area contributed by atoms with E-state index >= 15 is 0 Å². The van der Waals surface area contributed by atoms with Crippen molar-refractivity contribution in [2.24, 2.45) is 11.8 Å². The van der Waals surface area contributed by atoms with Gasteiger partial charge in [-0.15, -0.1) is 0 Å². The van der Waals surface area contributed by atoms with Crippen molar-refractivity contribution < 1.29 is 28.2 Å². The summed E-state index contributed by atoms with van der Waals surface area (Å²) in [5, 5.41) is 0. The number of hydrogen-bond acceptors (Lipinski definition) is 5. The first-order valence-corrected chi connectivity index (χ1v) is 6.17. The third-order valence-electron chi connectivity index (χ3n) is 3.06. The van der Waals surface area contributed by atoms with Gasteiger partial charge in [0.2, 0.25) is 0 Å². The van der Waals surface area contributed by atoms with Crippen molar-refractivity contribution in [1.29, 1.82) is 0 Å². The van der Waals surface area contributed by atoms with Gasteiger partial charge >= 0.3 is 11.9 Å². The lowest BCUT2D eigenvalue weighted by molar-refractivity contribution is -0.149. The Morgan fingerprint density at radius 1 is 1.35 bits per heavy atom. The normalized spacial score (nSPS) is 21.4. The fourth-order valence-electron chi connectivity index (χ4n) is 2.06. The Morgan fingerprint density at radius 3 is 2.60 bits per heavy atom. The second-order valence-corrected chi connectivity index (χ2v) is 4.34. The molecule has 0 amide bonds. The van der Waals surface area contributed by atoms with Crippen LogP contribution in [0.4, 0.5) is 4.39 Å². The Balaban J connectivity index is 2.23. The largest absolute Gasteiger partial charge is 0.466 e. The van der Waals surface area contributed by atoms with Gasteiger partial charge in [-0.1, -0.05) is 0 Å². The van der Waals surface area contributed by atoms with Gasteiger partial charge in [0, 0.05) is 5.56 Å². The van der Waals surface area contributed by atoms with Crippen molar-refractivity contribution in [3.63, 3.8) is 0 Å². The lowest BCUT2D eigenvalue weighted by Gasteiger charge is -2.12. The first-order chi connectivity index (χ1) is 9.54. The molecule has 0 aromatic heterocycles. The number of esters is 2. The number of benzene rings is 1. The SMILES string of the molecule is CCOC(=O)[C@H]1COC(=O)[C@@H]1C(=O)c1ccc(F)cc1. The van der Waals surface area contributed by atoms with E-state index < -0.39 is 35.4 Å². The van der Waals surface area contributed by atoms with Gasteiger partial charge < -0.3 is 9.47 Å². The molecule has 1 aliphatic heterocycles. The van der Waals surface area contributed by atoms with E-state index in [9.17, 15) is 18.8 Å². The minimum atomic E-state index is -1.22. The van der Waals surface area contributed by atoms with Crippen LogP contribution in [-0.2, 0) is 19.1 Å². The van der Waals surface area contributed by atoms with Crippen molar-refractivity contribution in [3.8, 4) is 0 Å². The molecule has 1 saturated heterocycles. The van der Waals surface area contributed by atoms with Crippen LogP contribution in [0, 0.1) is 17.7 Å². The minimum Gasteiger partial charge on any atom is -0.466 e. The molecule has 2 rings (SSSR count). The molecule has 0 spiro atoms. The molecule has 0 saturated carbocycles. The highest BCUT2D eigenvalue weighted by molar-refractivity contribution is 6.11. The highest BCUT2D eigenvalue weighted by Crippen LogP contribution is 2.27. The molecule has 106 valence electrons. The van der Waals surface area contributed by atoms with Gasteiger partial charge in [-0.05, 0) is 31.2 Å². The van der Waals surface area contributed by atoms with E-state index in [0.717, 1.165) is 12.1 Å². The summed E-state index contributed by atoms with van der Waals surface area (Å²) < 4.78 is 22.4. The van der Waals surface area contributed by atoms with Crippen LogP contribution in [0.25, 0.3) is 0 Å². The van der Waals surface area contributed by atoms with Gasteiger partial charge in [0.05, 0.1) is 6.61 Å². The standard InChI is InChI=1S/C14H13FO5/c1-2-19-13(17)10-7-20-14(18)11(10)12(16)8-3-5-9(15)6-4-8/h3-6,10-11H,2,7H2,1H3/t10-,11-/m0/s1. The summed E-state index contributed by atoms with van der Waals surface area (Å²) in [4.78, 5) is 35.6. The zero-order valence-electron chi connectivity index (χ0n) is 10.8. The average molecular weight is 280 g/mol. The molecular weight excluding hydrogens is 267 g/mol. The maximum atomic E-state index is 12.8. The number of ether oxygens (including phenoxy) is 2. The van der Waals surface area contributed by atoms with Gasteiger partial charge in [-0.2, -0.15) is 0 Å². The van der Waals surface area contributed by atoms with E-state index in [0.29, 0.717) is 0 Å². The smallest absolute Gasteiger partial charge is 0.317 e. The van der Waals surface area contributed by atoms with E-state index in [-0.39, 0.29) is 18.8 Å². The molecule has 1 fully saturated rings. The monoisotopic (exact) mass is 280 g/mol. The third-order valence-corrected chi connectivity index (χ3v) is 3.06. The van der Waals surface area contributed by atoms with Crippen LogP contribution in [0.15, 0.2) is 24.3 Å². The molecule has 1 aromatic rings. The van der Waals surface area contributed by atoms with Crippen LogP contribution in [0.1, 0.15) is 17.3 Å². The fourth-order valence-corrected chi connectivity index (χ4v) is 2.06. The van der Waals surface area contributed by atoms with Crippen LogP contribution >= 0.6 is 0 Å². The second kappa shape index (κ2) is 5.81. The Hall–Kier alpha value is -2.24. The number of hydrogen-bond donors (Lipinski definition) is 0. The zero-order chi connectivity index (χ0) is 14.7. The molecule has 5 nitrogen and oxygen atoms in total. The lowest BCUT2D eigenvalue weighted by atomic mass is 9.88. The first kappa shape index (κ1) is 14.2. The molecular formula is C14H13FO5. The number of carbonyl (C=O) groups excluding carboxylic acids is 3. The summed E-state index contributed by atoms with van der Waals surface area (Å²) in [6.45, 7) is 1.61. The molecule has 6 heteroatoms. The summed E-state index contributed by atoms with van der Waals surface area (Å²) in [6.07, 6.45) is 0. The predicted molar refractivity (Wildman–Crippen MR) is 65.3 cm³/mol. The van der Waals surface area contributed by atoms with Crippen LogP contribution in [0.2, 0.25) is 0 Å². The quantitative estimate of drug-likeness (QED) is 0.473. The zero-order valence-corrected chi connectivity index (χ0v) is 10.8. The molecule has 1 heterocycles. The van der Waals surface area contributed by atoms with E-state index in [1.165, 1.54) is 12.1 Å². The van der Waals surface area contributed by atoms with Gasteiger partial charge in [0.15, 0.2) is 5.78 Å². The maximum absolute atomic E-state index is 12.8.